The van der Waals surface area contributed by atoms with Crippen LogP contribution in [0.5, 0.6) is 17.2 Å². The van der Waals surface area contributed by atoms with E-state index in [1.165, 1.54) is 32.0 Å². The number of carbonyl (C=O) groups excluding carboxylic acids is 1. The van der Waals surface area contributed by atoms with Crippen molar-refractivity contribution < 1.29 is 28.3 Å². The summed E-state index contributed by atoms with van der Waals surface area (Å²) in [5, 5.41) is 11.2. The number of Topliss-reactive ketones (excluding diaryl/α,β-unsaturated/α-hetero) is 1. The van der Waals surface area contributed by atoms with Gasteiger partial charge in [-0.3, -0.25) is 24.3 Å². The molecule has 44 heavy (non-hydrogen) atoms. The summed E-state index contributed by atoms with van der Waals surface area (Å²) in [6.45, 7) is 3.49. The first-order valence-electron chi connectivity index (χ1n) is 13.1. The Morgan fingerprint density at radius 2 is 1.80 bits per heavy atom. The Hall–Kier alpha value is -4.39. The van der Waals surface area contributed by atoms with E-state index in [2.05, 4.69) is 4.99 Å². The minimum Gasteiger partial charge on any atom is -0.493 e. The highest BCUT2D eigenvalue weighted by Crippen LogP contribution is 2.42. The van der Waals surface area contributed by atoms with Crippen LogP contribution in [0.25, 0.3) is 17.4 Å². The summed E-state index contributed by atoms with van der Waals surface area (Å²) >= 11 is 13.5. The summed E-state index contributed by atoms with van der Waals surface area (Å²) < 4.78 is 24.3. The Balaban J connectivity index is 1.67. The average molecular weight is 659 g/mol. The molecular weight excluding hydrogens is 633 g/mol. The lowest BCUT2D eigenvalue weighted by Gasteiger charge is -2.26. The van der Waals surface area contributed by atoms with Crippen molar-refractivity contribution in [1.29, 1.82) is 0 Å². The molecule has 14 heteroatoms. The van der Waals surface area contributed by atoms with Crippen molar-refractivity contribution in [2.45, 2.75) is 26.3 Å². The molecule has 2 aromatic carbocycles. The molecule has 0 aliphatic carbocycles. The Labute approximate surface area is 264 Å². The van der Waals surface area contributed by atoms with Crippen LogP contribution in [0, 0.1) is 10.1 Å². The summed E-state index contributed by atoms with van der Waals surface area (Å²) in [6, 6.07) is 8.36. The maximum absolute atomic E-state index is 14.0. The number of allylic oxidation sites excluding steroid dienone is 2. The molecule has 4 aromatic rings. The number of nitro benzene ring substituents is 1. The molecule has 2 aromatic heterocycles. The van der Waals surface area contributed by atoms with Gasteiger partial charge < -0.3 is 18.6 Å². The maximum Gasteiger partial charge on any atom is 0.289 e. The second kappa shape index (κ2) is 12.3. The molecule has 0 saturated heterocycles. The molecule has 0 amide bonds. The lowest BCUT2D eigenvalue weighted by atomic mass is 9.91. The van der Waals surface area contributed by atoms with Gasteiger partial charge in [0.1, 0.15) is 16.5 Å². The van der Waals surface area contributed by atoms with Gasteiger partial charge in [0, 0.05) is 35.4 Å². The number of methoxy groups -OCH3 is 3. The number of nitrogens with zero attached hydrogens (tertiary/aromatic N) is 3. The van der Waals surface area contributed by atoms with Gasteiger partial charge in [-0.25, -0.2) is 4.99 Å². The predicted octanol–water partition coefficient (Wildman–Crippen LogP) is 5.72. The number of ether oxygens (including phenoxy) is 3. The van der Waals surface area contributed by atoms with E-state index in [-0.39, 0.29) is 27.9 Å². The molecule has 1 unspecified atom stereocenters. The third-order valence-corrected chi connectivity index (χ3v) is 8.64. The van der Waals surface area contributed by atoms with Crippen LogP contribution in [0.2, 0.25) is 10.0 Å². The van der Waals surface area contributed by atoms with Crippen LogP contribution in [-0.4, -0.2) is 36.6 Å². The van der Waals surface area contributed by atoms with Crippen LogP contribution in [0.4, 0.5) is 5.69 Å². The second-order valence-electron chi connectivity index (χ2n) is 9.56. The highest BCUT2D eigenvalue weighted by atomic mass is 35.5. The second-order valence-corrected chi connectivity index (χ2v) is 11.4. The van der Waals surface area contributed by atoms with Gasteiger partial charge in [-0.1, -0.05) is 41.5 Å². The molecule has 228 valence electrons. The average Bonchev–Trinajstić information content (AvgIpc) is 3.59. The van der Waals surface area contributed by atoms with Gasteiger partial charge >= 0.3 is 0 Å². The molecule has 1 aliphatic heterocycles. The number of hydrogen-bond donors (Lipinski definition) is 0. The van der Waals surface area contributed by atoms with E-state index in [1.54, 1.807) is 44.2 Å². The number of benzene rings is 2. The van der Waals surface area contributed by atoms with Gasteiger partial charge in [-0.05, 0) is 42.8 Å². The third-order valence-electron chi connectivity index (χ3n) is 7.04. The van der Waals surface area contributed by atoms with Crippen LogP contribution in [-0.2, 0) is 4.79 Å². The van der Waals surface area contributed by atoms with E-state index in [4.69, 9.17) is 41.8 Å². The van der Waals surface area contributed by atoms with Crippen molar-refractivity contribution in [2.75, 3.05) is 21.3 Å². The standard InChI is InChI=1S/C30H25Cl2N3O8S/c1-6-21(36)26-14(2)33-30-34(27(26)15-9-23(40-3)28(42-5)24(10-15)41-4)29(37)25(44-30)11-16-7-8-22(43-16)17-12-19(32)20(35(38)39)13-18(17)31/h7-13,27H,6H2,1-5H3/b25-11+. The summed E-state index contributed by atoms with van der Waals surface area (Å²) in [4.78, 5) is 42.8. The van der Waals surface area contributed by atoms with E-state index in [0.29, 0.717) is 60.5 Å². The Morgan fingerprint density at radius 3 is 2.39 bits per heavy atom. The number of carbonyl (C=O) groups is 1. The zero-order valence-electron chi connectivity index (χ0n) is 24.1. The van der Waals surface area contributed by atoms with Gasteiger partial charge in [0.15, 0.2) is 22.1 Å². The number of thiazole rings is 1. The van der Waals surface area contributed by atoms with Crippen LogP contribution < -0.4 is 29.1 Å². The van der Waals surface area contributed by atoms with Gasteiger partial charge in [-0.15, -0.1) is 0 Å². The number of nitro groups is 1. The number of hydrogen-bond acceptors (Lipinski definition) is 10. The molecule has 11 nitrogen and oxygen atoms in total. The summed E-state index contributed by atoms with van der Waals surface area (Å²) in [5.74, 6) is 1.57. The molecule has 3 heterocycles. The molecule has 5 rings (SSSR count). The number of halogens is 2. The van der Waals surface area contributed by atoms with Gasteiger partial charge in [-0.2, -0.15) is 0 Å². The van der Waals surface area contributed by atoms with Crippen LogP contribution in [0.3, 0.4) is 0 Å². The van der Waals surface area contributed by atoms with Crippen molar-refractivity contribution in [3.05, 3.63) is 98.8 Å². The lowest BCUT2D eigenvalue weighted by Crippen LogP contribution is -2.39. The first-order valence-corrected chi connectivity index (χ1v) is 14.7. The smallest absolute Gasteiger partial charge is 0.289 e. The van der Waals surface area contributed by atoms with E-state index < -0.39 is 16.5 Å². The predicted molar refractivity (Wildman–Crippen MR) is 166 cm³/mol. The van der Waals surface area contributed by atoms with Crippen molar-refractivity contribution >= 4 is 52.1 Å². The number of fused-ring (bicyclic) bond motifs is 1. The van der Waals surface area contributed by atoms with Crippen molar-refractivity contribution in [1.82, 2.24) is 4.57 Å². The molecular formula is C30H25Cl2N3O8S. The van der Waals surface area contributed by atoms with E-state index in [0.717, 1.165) is 17.4 Å². The summed E-state index contributed by atoms with van der Waals surface area (Å²) in [7, 11) is 4.46. The highest BCUT2D eigenvalue weighted by Gasteiger charge is 2.33. The largest absolute Gasteiger partial charge is 0.493 e. The monoisotopic (exact) mass is 657 g/mol. The van der Waals surface area contributed by atoms with Gasteiger partial charge in [0.2, 0.25) is 5.75 Å². The normalized spacial score (nSPS) is 14.7. The molecule has 0 radical (unpaired) electrons. The van der Waals surface area contributed by atoms with Crippen LogP contribution in [0.15, 0.2) is 61.9 Å². The zero-order chi connectivity index (χ0) is 31.9. The highest BCUT2D eigenvalue weighted by molar-refractivity contribution is 7.07. The molecule has 0 fully saturated rings. The minimum absolute atomic E-state index is 0.0790. The first kappa shape index (κ1) is 31.0. The first-order chi connectivity index (χ1) is 21.0. The fraction of sp³-hybridized carbons (Fsp3) is 0.233. The molecule has 1 aliphatic rings. The Bertz CT molecular complexity index is 2020. The molecule has 0 saturated carbocycles. The molecule has 1 atom stereocenters. The number of rotatable bonds is 9. The Morgan fingerprint density at radius 1 is 1.11 bits per heavy atom. The zero-order valence-corrected chi connectivity index (χ0v) is 26.4. The number of ketones is 1. The molecule has 0 spiro atoms. The van der Waals surface area contributed by atoms with E-state index in [9.17, 15) is 19.7 Å². The lowest BCUT2D eigenvalue weighted by molar-refractivity contribution is -0.384. The maximum atomic E-state index is 14.0. The summed E-state index contributed by atoms with van der Waals surface area (Å²) in [6.07, 6.45) is 1.77. The van der Waals surface area contributed by atoms with Gasteiger partial charge in [0.25, 0.3) is 11.2 Å². The van der Waals surface area contributed by atoms with Crippen LogP contribution >= 0.6 is 34.5 Å². The van der Waals surface area contributed by atoms with E-state index in [1.807, 2.05) is 0 Å². The molecule has 0 N–H and O–H groups in total. The quantitative estimate of drug-likeness (QED) is 0.165. The Kier molecular flexibility index (Phi) is 8.69. The number of aromatic nitrogens is 1. The fourth-order valence-electron chi connectivity index (χ4n) is 5.01. The van der Waals surface area contributed by atoms with Crippen molar-refractivity contribution in [2.24, 2.45) is 4.99 Å². The van der Waals surface area contributed by atoms with Crippen molar-refractivity contribution in [3.63, 3.8) is 0 Å². The minimum atomic E-state index is -0.817. The fourth-order valence-corrected chi connectivity index (χ4v) is 6.52. The third kappa shape index (κ3) is 5.40. The van der Waals surface area contributed by atoms with E-state index >= 15 is 0 Å². The number of furan rings is 1. The molecule has 0 bridgehead atoms. The van der Waals surface area contributed by atoms with Crippen molar-refractivity contribution in [3.8, 4) is 28.6 Å². The van der Waals surface area contributed by atoms with Crippen LogP contribution in [0.1, 0.15) is 37.6 Å². The topological polar surface area (TPSA) is 135 Å². The SMILES string of the molecule is CCC(=O)C1=C(C)N=c2s/c(=C/c3ccc(-c4cc(Cl)c([N+](=O)[O-])cc4Cl)o3)c(=O)n2C1c1cc(OC)c(OC)c(OC)c1. The summed E-state index contributed by atoms with van der Waals surface area (Å²) in [5.41, 5.74) is 1.08. The van der Waals surface area contributed by atoms with Gasteiger partial charge in [0.05, 0.1) is 41.8 Å².